The summed E-state index contributed by atoms with van der Waals surface area (Å²) in [7, 11) is 5.83. The number of hydrogen-bond acceptors (Lipinski definition) is 7. The minimum absolute atomic E-state index is 0.816. The molecule has 7 heteroatoms. The van der Waals surface area contributed by atoms with E-state index < -0.39 is 0 Å². The molecule has 0 atom stereocenters. The molecule has 1 aliphatic rings. The van der Waals surface area contributed by atoms with Crippen molar-refractivity contribution >= 4 is 17.5 Å². The van der Waals surface area contributed by atoms with E-state index in [1.165, 1.54) is 5.69 Å². The Labute approximate surface area is 162 Å². The summed E-state index contributed by atoms with van der Waals surface area (Å²) in [6.45, 7) is 7.59. The van der Waals surface area contributed by atoms with Crippen molar-refractivity contribution in [2.75, 3.05) is 75.6 Å². The number of aromatic nitrogens is 2. The first-order chi connectivity index (χ1) is 13.0. The predicted octanol–water partition coefficient (Wildman–Crippen LogP) is 2.09. The maximum atomic E-state index is 5.24. The van der Waals surface area contributed by atoms with Crippen molar-refractivity contribution in [3.63, 3.8) is 0 Å². The zero-order valence-corrected chi connectivity index (χ0v) is 16.8. The molecule has 0 saturated carbocycles. The van der Waals surface area contributed by atoms with Crippen LogP contribution in [0.4, 0.5) is 17.5 Å². The number of nitrogens with one attached hydrogen (secondary N) is 1. The minimum atomic E-state index is 0.816. The molecule has 0 amide bonds. The summed E-state index contributed by atoms with van der Waals surface area (Å²) in [4.78, 5) is 16.2. The minimum Gasteiger partial charge on any atom is -0.497 e. The standard InChI is InChI=1S/C20H30N6O/c1-16-15-19(21-9-10-24(2)3)23-20(22-16)26-13-11-25(12-14-26)17-5-7-18(27-4)8-6-17/h5-8,15H,9-14H2,1-4H3,(H,21,22,23). The summed E-state index contributed by atoms with van der Waals surface area (Å²) >= 11 is 0. The molecule has 1 aromatic heterocycles. The van der Waals surface area contributed by atoms with E-state index in [9.17, 15) is 0 Å². The van der Waals surface area contributed by atoms with E-state index in [0.29, 0.717) is 0 Å². The Hall–Kier alpha value is -2.54. The summed E-state index contributed by atoms with van der Waals surface area (Å²) in [5, 5.41) is 3.40. The van der Waals surface area contributed by atoms with E-state index in [-0.39, 0.29) is 0 Å². The maximum absolute atomic E-state index is 5.24. The van der Waals surface area contributed by atoms with Gasteiger partial charge in [0.25, 0.3) is 0 Å². The van der Waals surface area contributed by atoms with Crippen LogP contribution in [0.15, 0.2) is 30.3 Å². The van der Waals surface area contributed by atoms with Crippen molar-refractivity contribution in [2.45, 2.75) is 6.92 Å². The number of likely N-dealkylation sites (N-methyl/N-ethyl adjacent to an activating group) is 1. The Morgan fingerprint density at radius 1 is 1.04 bits per heavy atom. The van der Waals surface area contributed by atoms with Crippen LogP contribution in [-0.2, 0) is 0 Å². The Morgan fingerprint density at radius 2 is 1.70 bits per heavy atom. The normalized spacial score (nSPS) is 14.6. The van der Waals surface area contributed by atoms with Gasteiger partial charge in [-0.2, -0.15) is 4.98 Å². The first-order valence-electron chi connectivity index (χ1n) is 9.43. The number of hydrogen-bond donors (Lipinski definition) is 1. The number of methoxy groups -OCH3 is 1. The van der Waals surface area contributed by atoms with Crippen molar-refractivity contribution in [3.8, 4) is 5.75 Å². The summed E-state index contributed by atoms with van der Waals surface area (Å²) in [5.74, 6) is 2.61. The van der Waals surface area contributed by atoms with E-state index >= 15 is 0 Å². The molecule has 7 nitrogen and oxygen atoms in total. The van der Waals surface area contributed by atoms with Gasteiger partial charge in [0.2, 0.25) is 5.95 Å². The highest BCUT2D eigenvalue weighted by Gasteiger charge is 2.20. The average molecular weight is 371 g/mol. The Bertz CT molecular complexity index is 726. The number of rotatable bonds is 7. The van der Waals surface area contributed by atoms with E-state index in [4.69, 9.17) is 9.72 Å². The molecule has 3 rings (SSSR count). The van der Waals surface area contributed by atoms with E-state index in [1.807, 2.05) is 25.1 Å². The molecule has 1 N–H and O–H groups in total. The number of ether oxygens (including phenoxy) is 1. The molecule has 146 valence electrons. The molecule has 1 saturated heterocycles. The van der Waals surface area contributed by atoms with Crippen molar-refractivity contribution in [1.29, 1.82) is 0 Å². The lowest BCUT2D eigenvalue weighted by Crippen LogP contribution is -2.47. The van der Waals surface area contributed by atoms with E-state index in [1.54, 1.807) is 7.11 Å². The van der Waals surface area contributed by atoms with Gasteiger partial charge in [-0.1, -0.05) is 0 Å². The Balaban J connectivity index is 1.60. The average Bonchev–Trinajstić information content (AvgIpc) is 2.67. The van der Waals surface area contributed by atoms with Gasteiger partial charge >= 0.3 is 0 Å². The smallest absolute Gasteiger partial charge is 0.227 e. The monoisotopic (exact) mass is 370 g/mol. The Morgan fingerprint density at radius 3 is 2.33 bits per heavy atom. The SMILES string of the molecule is COc1ccc(N2CCN(c3nc(C)cc(NCCN(C)C)n3)CC2)cc1. The highest BCUT2D eigenvalue weighted by atomic mass is 16.5. The third kappa shape index (κ3) is 5.23. The van der Waals surface area contributed by atoms with Gasteiger partial charge in [0.15, 0.2) is 0 Å². The molecule has 1 aliphatic heterocycles. The summed E-state index contributed by atoms with van der Waals surface area (Å²) in [6, 6.07) is 10.3. The van der Waals surface area contributed by atoms with Gasteiger partial charge in [0.05, 0.1) is 7.11 Å². The van der Waals surface area contributed by atoms with E-state index in [0.717, 1.165) is 62.5 Å². The fourth-order valence-corrected chi connectivity index (χ4v) is 3.15. The molecule has 27 heavy (non-hydrogen) atoms. The zero-order valence-electron chi connectivity index (χ0n) is 16.8. The second kappa shape index (κ2) is 8.90. The number of benzene rings is 1. The lowest BCUT2D eigenvalue weighted by Gasteiger charge is -2.36. The molecule has 2 aromatic rings. The van der Waals surface area contributed by atoms with Gasteiger partial charge in [-0.25, -0.2) is 4.98 Å². The van der Waals surface area contributed by atoms with Crippen LogP contribution in [0.1, 0.15) is 5.69 Å². The van der Waals surface area contributed by atoms with Gasteiger partial charge in [0, 0.05) is 56.7 Å². The third-order valence-electron chi connectivity index (χ3n) is 4.71. The number of aryl methyl sites for hydroxylation is 1. The quantitative estimate of drug-likeness (QED) is 0.801. The molecule has 0 aliphatic carbocycles. The number of anilines is 3. The van der Waals surface area contributed by atoms with Crippen LogP contribution in [0, 0.1) is 6.92 Å². The van der Waals surface area contributed by atoms with Crippen molar-refractivity contribution in [3.05, 3.63) is 36.0 Å². The largest absolute Gasteiger partial charge is 0.497 e. The molecular weight excluding hydrogens is 340 g/mol. The summed E-state index contributed by atoms with van der Waals surface area (Å²) < 4.78 is 5.24. The third-order valence-corrected chi connectivity index (χ3v) is 4.71. The van der Waals surface area contributed by atoms with Gasteiger partial charge in [-0.15, -0.1) is 0 Å². The van der Waals surface area contributed by atoms with Crippen LogP contribution >= 0.6 is 0 Å². The predicted molar refractivity (Wildman–Crippen MR) is 111 cm³/mol. The first kappa shape index (κ1) is 19.2. The van der Waals surface area contributed by atoms with Crippen LogP contribution in [0.5, 0.6) is 5.75 Å². The molecule has 0 unspecified atom stereocenters. The zero-order chi connectivity index (χ0) is 19.2. The second-order valence-corrected chi connectivity index (χ2v) is 7.10. The molecule has 1 fully saturated rings. The summed E-state index contributed by atoms with van der Waals surface area (Å²) in [5.41, 5.74) is 2.22. The summed E-state index contributed by atoms with van der Waals surface area (Å²) in [6.07, 6.45) is 0. The molecule has 0 spiro atoms. The van der Waals surface area contributed by atoms with Crippen LogP contribution in [-0.4, -0.2) is 75.3 Å². The molecule has 1 aromatic carbocycles. The lowest BCUT2D eigenvalue weighted by molar-refractivity contribution is 0.415. The van der Waals surface area contributed by atoms with Gasteiger partial charge in [0.1, 0.15) is 11.6 Å². The van der Waals surface area contributed by atoms with Gasteiger partial charge in [-0.3, -0.25) is 0 Å². The molecular formula is C20H30N6O. The van der Waals surface area contributed by atoms with Crippen LogP contribution in [0.2, 0.25) is 0 Å². The van der Waals surface area contributed by atoms with Gasteiger partial charge in [-0.05, 0) is 45.3 Å². The molecule has 0 radical (unpaired) electrons. The highest BCUT2D eigenvalue weighted by Crippen LogP contribution is 2.22. The second-order valence-electron chi connectivity index (χ2n) is 7.10. The topological polar surface area (TPSA) is 56.8 Å². The van der Waals surface area contributed by atoms with Crippen molar-refractivity contribution in [1.82, 2.24) is 14.9 Å². The fraction of sp³-hybridized carbons (Fsp3) is 0.500. The maximum Gasteiger partial charge on any atom is 0.227 e. The first-order valence-corrected chi connectivity index (χ1v) is 9.43. The van der Waals surface area contributed by atoms with Crippen molar-refractivity contribution < 1.29 is 4.74 Å². The Kier molecular flexibility index (Phi) is 6.34. The molecule has 0 bridgehead atoms. The van der Waals surface area contributed by atoms with Crippen LogP contribution in [0.25, 0.3) is 0 Å². The fourth-order valence-electron chi connectivity index (χ4n) is 3.15. The number of piperazine rings is 1. The molecule has 2 heterocycles. The van der Waals surface area contributed by atoms with Crippen LogP contribution < -0.4 is 19.9 Å². The lowest BCUT2D eigenvalue weighted by atomic mass is 10.2. The van der Waals surface area contributed by atoms with Crippen LogP contribution in [0.3, 0.4) is 0 Å². The van der Waals surface area contributed by atoms with Crippen molar-refractivity contribution in [2.24, 2.45) is 0 Å². The highest BCUT2D eigenvalue weighted by molar-refractivity contribution is 5.51. The van der Waals surface area contributed by atoms with Gasteiger partial charge < -0.3 is 24.8 Å². The van der Waals surface area contributed by atoms with E-state index in [2.05, 4.69) is 51.2 Å². The number of nitrogens with zero attached hydrogens (tertiary/aromatic N) is 5.